The predicted molar refractivity (Wildman–Crippen MR) is 106 cm³/mol. The topological polar surface area (TPSA) is 129 Å². The van der Waals surface area contributed by atoms with Crippen molar-refractivity contribution in [1.82, 2.24) is 0 Å². The molecule has 0 saturated heterocycles. The van der Waals surface area contributed by atoms with Crippen LogP contribution in [-0.4, -0.2) is 55.8 Å². The molecular weight excluding hydrogens is 414 g/mol. The fourth-order valence-corrected chi connectivity index (χ4v) is 7.43. The third-order valence-electron chi connectivity index (χ3n) is 7.44. The van der Waals surface area contributed by atoms with Crippen molar-refractivity contribution < 1.29 is 36.9 Å². The summed E-state index contributed by atoms with van der Waals surface area (Å²) >= 11 is 0. The summed E-state index contributed by atoms with van der Waals surface area (Å²) in [4.78, 5) is 24.0. The highest BCUT2D eigenvalue weighted by molar-refractivity contribution is 7.86. The SMILES string of the molecule is CC(=O)O[C@@H]1[C@@H](OC(C)=O)C(C)(C)[C@H]2[C@@H]3[C@H](C)CC(=NO)[C@H]2[C@]3(C)[C@@H]1OS(C)(=O)=O. The molecule has 0 amide bonds. The van der Waals surface area contributed by atoms with E-state index in [0.29, 0.717) is 12.1 Å². The van der Waals surface area contributed by atoms with E-state index < -0.39 is 51.2 Å². The molecule has 0 aromatic rings. The fourth-order valence-electron chi connectivity index (χ4n) is 6.73. The first kappa shape index (κ1) is 23.0. The minimum absolute atomic E-state index is 0.00614. The van der Waals surface area contributed by atoms with Gasteiger partial charge in [-0.1, -0.05) is 32.9 Å². The summed E-state index contributed by atoms with van der Waals surface area (Å²) in [6.07, 6.45) is -1.66. The quantitative estimate of drug-likeness (QED) is 0.301. The van der Waals surface area contributed by atoms with Crippen LogP contribution in [0.1, 0.15) is 48.0 Å². The molecule has 4 rings (SSSR count). The third-order valence-corrected chi connectivity index (χ3v) is 8.00. The second-order valence-electron chi connectivity index (χ2n) is 9.81. The Kier molecular flexibility index (Phi) is 5.51. The molecule has 0 aliphatic heterocycles. The van der Waals surface area contributed by atoms with Crippen molar-refractivity contribution in [2.75, 3.05) is 6.26 Å². The number of fused-ring (bicyclic) bond motifs is 3. The first-order valence-corrected chi connectivity index (χ1v) is 11.9. The maximum absolute atomic E-state index is 12.2. The minimum atomic E-state index is -3.95. The van der Waals surface area contributed by atoms with Gasteiger partial charge in [-0.15, -0.1) is 0 Å². The van der Waals surface area contributed by atoms with Crippen LogP contribution in [0.25, 0.3) is 0 Å². The molecule has 4 saturated carbocycles. The highest BCUT2D eigenvalue weighted by Crippen LogP contribution is 2.73. The summed E-state index contributed by atoms with van der Waals surface area (Å²) in [6.45, 7) is 10.2. The van der Waals surface area contributed by atoms with Gasteiger partial charge in [-0.05, 0) is 24.2 Å². The number of ether oxygens (including phenoxy) is 2. The van der Waals surface area contributed by atoms with E-state index in [1.807, 2.05) is 27.7 Å². The normalized spacial score (nSPS) is 43.3. The Balaban J connectivity index is 2.28. The molecule has 4 fully saturated rings. The van der Waals surface area contributed by atoms with Gasteiger partial charge in [-0.25, -0.2) is 0 Å². The van der Waals surface area contributed by atoms with Crippen LogP contribution in [0.5, 0.6) is 0 Å². The summed E-state index contributed by atoms with van der Waals surface area (Å²) in [5.41, 5.74) is -0.933. The lowest BCUT2D eigenvalue weighted by Crippen LogP contribution is -2.71. The van der Waals surface area contributed by atoms with Crippen molar-refractivity contribution in [2.45, 2.75) is 66.3 Å². The highest BCUT2D eigenvalue weighted by atomic mass is 32.2. The summed E-state index contributed by atoms with van der Waals surface area (Å²) in [7, 11) is -3.95. The van der Waals surface area contributed by atoms with E-state index in [0.717, 1.165) is 6.26 Å². The van der Waals surface area contributed by atoms with E-state index in [4.69, 9.17) is 13.7 Å². The summed E-state index contributed by atoms with van der Waals surface area (Å²) < 4.78 is 41.3. The van der Waals surface area contributed by atoms with Crippen LogP contribution in [0, 0.1) is 34.5 Å². The van der Waals surface area contributed by atoms with Gasteiger partial charge in [-0.2, -0.15) is 8.42 Å². The largest absolute Gasteiger partial charge is 0.458 e. The Morgan fingerprint density at radius 1 is 1.07 bits per heavy atom. The molecule has 8 atom stereocenters. The van der Waals surface area contributed by atoms with E-state index in [1.54, 1.807) is 0 Å². The zero-order chi connectivity index (χ0) is 22.8. The average molecular weight is 446 g/mol. The molecule has 30 heavy (non-hydrogen) atoms. The zero-order valence-electron chi connectivity index (χ0n) is 18.4. The van der Waals surface area contributed by atoms with Gasteiger partial charge in [0.25, 0.3) is 10.1 Å². The Bertz CT molecular complexity index is 881. The minimum Gasteiger partial charge on any atom is -0.458 e. The summed E-state index contributed by atoms with van der Waals surface area (Å²) in [6, 6.07) is 0. The molecule has 4 aliphatic carbocycles. The van der Waals surface area contributed by atoms with Crippen molar-refractivity contribution in [1.29, 1.82) is 0 Å². The van der Waals surface area contributed by atoms with Gasteiger partial charge in [0.05, 0.1) is 12.0 Å². The molecule has 1 N–H and O–H groups in total. The number of carbonyl (C=O) groups is 2. The van der Waals surface area contributed by atoms with Crippen LogP contribution in [0.4, 0.5) is 0 Å². The van der Waals surface area contributed by atoms with Crippen LogP contribution >= 0.6 is 0 Å². The van der Waals surface area contributed by atoms with E-state index in [9.17, 15) is 23.2 Å². The average Bonchev–Trinajstić information content (AvgIpc) is 2.66. The standard InChI is InChI=1S/C20H31NO8S/c1-9-8-12(21-24)14-15-13(9)20(14,6)18(29-30(7,25)26)16(27-10(2)22)17(19(15,4)5)28-11(3)23/h9,13-18,24H,8H2,1-7H3/t9-,13+,14-,15+,16-,17-,18-,20-/m1/s1. The molecule has 0 unspecified atom stereocenters. The molecule has 0 aromatic carbocycles. The first-order chi connectivity index (χ1) is 13.7. The molecule has 4 aliphatic rings. The van der Waals surface area contributed by atoms with Gasteiger partial charge in [0.15, 0.2) is 6.10 Å². The molecule has 0 aromatic heterocycles. The number of nitrogens with zero attached hydrogens (tertiary/aromatic N) is 1. The Labute approximate surface area is 177 Å². The fraction of sp³-hybridized carbons (Fsp3) is 0.850. The van der Waals surface area contributed by atoms with Gasteiger partial charge in [-0.3, -0.25) is 13.8 Å². The van der Waals surface area contributed by atoms with Gasteiger partial charge >= 0.3 is 11.9 Å². The molecule has 0 radical (unpaired) electrons. The summed E-state index contributed by atoms with van der Waals surface area (Å²) in [5.74, 6) is -1.52. The second-order valence-corrected chi connectivity index (χ2v) is 11.4. The maximum atomic E-state index is 12.2. The zero-order valence-corrected chi connectivity index (χ0v) is 19.2. The van der Waals surface area contributed by atoms with Crippen molar-refractivity contribution >= 4 is 27.8 Å². The van der Waals surface area contributed by atoms with Gasteiger partial charge in [0, 0.05) is 30.6 Å². The van der Waals surface area contributed by atoms with Crippen molar-refractivity contribution in [3.05, 3.63) is 0 Å². The first-order valence-electron chi connectivity index (χ1n) is 10.1. The van der Waals surface area contributed by atoms with Gasteiger partial charge < -0.3 is 14.7 Å². The molecule has 0 heterocycles. The van der Waals surface area contributed by atoms with E-state index in [-0.39, 0.29) is 23.7 Å². The number of carbonyl (C=O) groups excluding carboxylic acids is 2. The van der Waals surface area contributed by atoms with E-state index >= 15 is 0 Å². The molecular formula is C20H31NO8S. The summed E-state index contributed by atoms with van der Waals surface area (Å²) in [5, 5.41) is 13.3. The van der Waals surface area contributed by atoms with Crippen molar-refractivity contribution in [3.8, 4) is 0 Å². The third kappa shape index (κ3) is 3.32. The molecule has 9 nitrogen and oxygen atoms in total. The smallest absolute Gasteiger partial charge is 0.303 e. The van der Waals surface area contributed by atoms with Gasteiger partial charge in [0.2, 0.25) is 0 Å². The van der Waals surface area contributed by atoms with E-state index in [1.165, 1.54) is 13.8 Å². The molecule has 10 heteroatoms. The lowest BCUT2D eigenvalue weighted by atomic mass is 9.35. The number of hydrogen-bond donors (Lipinski definition) is 1. The Hall–Kier alpha value is -1.68. The van der Waals surface area contributed by atoms with Crippen LogP contribution in [0.3, 0.4) is 0 Å². The predicted octanol–water partition coefficient (Wildman–Crippen LogP) is 1.97. The Morgan fingerprint density at radius 3 is 2.10 bits per heavy atom. The number of rotatable bonds is 4. The second kappa shape index (κ2) is 7.19. The van der Waals surface area contributed by atoms with Crippen molar-refractivity contribution in [2.24, 2.45) is 39.7 Å². The van der Waals surface area contributed by atoms with Gasteiger partial charge in [0.1, 0.15) is 12.2 Å². The highest BCUT2D eigenvalue weighted by Gasteiger charge is 2.77. The number of oxime groups is 1. The lowest BCUT2D eigenvalue weighted by Gasteiger charge is -2.69. The lowest BCUT2D eigenvalue weighted by molar-refractivity contribution is -0.202. The van der Waals surface area contributed by atoms with Crippen LogP contribution in [0.15, 0.2) is 5.16 Å². The maximum Gasteiger partial charge on any atom is 0.303 e. The molecule has 0 spiro atoms. The van der Waals surface area contributed by atoms with E-state index in [2.05, 4.69) is 5.16 Å². The molecule has 4 bridgehead atoms. The van der Waals surface area contributed by atoms with Crippen molar-refractivity contribution in [3.63, 3.8) is 0 Å². The molecule has 170 valence electrons. The monoisotopic (exact) mass is 445 g/mol. The number of esters is 2. The van der Waals surface area contributed by atoms with Crippen LogP contribution in [-0.2, 0) is 33.4 Å². The van der Waals surface area contributed by atoms with Crippen LogP contribution < -0.4 is 0 Å². The van der Waals surface area contributed by atoms with Crippen LogP contribution in [0.2, 0.25) is 0 Å². The number of hydrogen-bond acceptors (Lipinski definition) is 9. The Morgan fingerprint density at radius 2 is 1.63 bits per heavy atom.